The molecule has 2 amide bonds. The van der Waals surface area contributed by atoms with Crippen molar-refractivity contribution >= 4 is 12.2 Å². The highest BCUT2D eigenvalue weighted by Crippen LogP contribution is 2.37. The Kier molecular flexibility index (Phi) is 6.58. The van der Waals surface area contributed by atoms with E-state index in [1.54, 1.807) is 17.0 Å². The molecule has 33 heavy (non-hydrogen) atoms. The number of carbonyl (C=O) groups excluding carboxylic acids is 2. The number of fused-ring (bicyclic) bond motifs is 1. The van der Waals surface area contributed by atoms with Gasteiger partial charge >= 0.3 is 12.2 Å². The zero-order chi connectivity index (χ0) is 23.6. The smallest absolute Gasteiger partial charge is 0.410 e. The number of rotatable bonds is 4. The van der Waals surface area contributed by atoms with Crippen LogP contribution in [0.5, 0.6) is 0 Å². The van der Waals surface area contributed by atoms with E-state index in [2.05, 4.69) is 11.4 Å². The van der Waals surface area contributed by atoms with Crippen molar-refractivity contribution in [3.8, 4) is 0 Å². The lowest BCUT2D eigenvalue weighted by atomic mass is 9.82. The Balaban J connectivity index is 1.36. The second-order valence-electron chi connectivity index (χ2n) is 9.82. The maximum Gasteiger partial charge on any atom is 0.410 e. The Bertz CT molecular complexity index is 996. The van der Waals surface area contributed by atoms with E-state index < -0.39 is 11.7 Å². The summed E-state index contributed by atoms with van der Waals surface area (Å²) in [7, 11) is 0. The fraction of sp³-hybridized carbons (Fsp3) is 0.462. The van der Waals surface area contributed by atoms with Crippen molar-refractivity contribution in [1.82, 2.24) is 10.2 Å². The highest BCUT2D eigenvalue weighted by atomic mass is 19.1. The van der Waals surface area contributed by atoms with E-state index >= 15 is 0 Å². The van der Waals surface area contributed by atoms with Crippen LogP contribution in [0.25, 0.3) is 0 Å². The van der Waals surface area contributed by atoms with Crippen LogP contribution in [-0.2, 0) is 15.9 Å². The van der Waals surface area contributed by atoms with Gasteiger partial charge in [-0.2, -0.15) is 0 Å². The van der Waals surface area contributed by atoms with Gasteiger partial charge in [0.1, 0.15) is 17.5 Å². The molecular formula is C26H31FN2O4. The van der Waals surface area contributed by atoms with Crippen molar-refractivity contribution in [1.29, 1.82) is 0 Å². The molecule has 0 aromatic heterocycles. The van der Waals surface area contributed by atoms with E-state index in [1.807, 2.05) is 39.0 Å². The summed E-state index contributed by atoms with van der Waals surface area (Å²) >= 11 is 0. The maximum absolute atomic E-state index is 13.5. The number of hydrogen-bond acceptors (Lipinski definition) is 4. The second-order valence-corrected chi connectivity index (χ2v) is 9.82. The summed E-state index contributed by atoms with van der Waals surface area (Å²) in [4.78, 5) is 26.7. The second kappa shape index (κ2) is 9.41. The van der Waals surface area contributed by atoms with E-state index in [1.165, 1.54) is 17.7 Å². The van der Waals surface area contributed by atoms with E-state index in [0.29, 0.717) is 25.9 Å². The van der Waals surface area contributed by atoms with Gasteiger partial charge in [0, 0.05) is 13.1 Å². The predicted molar refractivity (Wildman–Crippen MR) is 122 cm³/mol. The number of ether oxygens (including phenoxy) is 2. The van der Waals surface area contributed by atoms with Gasteiger partial charge in [-0.1, -0.05) is 36.4 Å². The lowest BCUT2D eigenvalue weighted by Gasteiger charge is -2.40. The van der Waals surface area contributed by atoms with Crippen molar-refractivity contribution in [2.24, 2.45) is 5.92 Å². The van der Waals surface area contributed by atoms with E-state index in [-0.39, 0.29) is 30.0 Å². The highest BCUT2D eigenvalue weighted by Gasteiger charge is 2.37. The predicted octanol–water partition coefficient (Wildman–Crippen LogP) is 5.21. The molecule has 1 N–H and O–H groups in total. The summed E-state index contributed by atoms with van der Waals surface area (Å²) in [5.41, 5.74) is 2.55. The summed E-state index contributed by atoms with van der Waals surface area (Å²) < 4.78 is 24.6. The van der Waals surface area contributed by atoms with Crippen LogP contribution >= 0.6 is 0 Å². The number of alkyl carbamates (subject to hydrolysis) is 1. The molecule has 4 rings (SSSR count). The lowest BCUT2D eigenvalue weighted by molar-refractivity contribution is -0.00774. The monoisotopic (exact) mass is 454 g/mol. The number of amides is 2. The molecule has 1 atom stereocenters. The van der Waals surface area contributed by atoms with Crippen LogP contribution in [0.1, 0.15) is 56.3 Å². The van der Waals surface area contributed by atoms with Gasteiger partial charge in [-0.05, 0) is 74.8 Å². The minimum Gasteiger partial charge on any atom is -0.446 e. The van der Waals surface area contributed by atoms with Gasteiger partial charge in [-0.3, -0.25) is 4.90 Å². The van der Waals surface area contributed by atoms with Crippen LogP contribution in [0.3, 0.4) is 0 Å². The number of nitrogens with one attached hydrogen (secondary N) is 1. The topological polar surface area (TPSA) is 67.9 Å². The van der Waals surface area contributed by atoms with Crippen LogP contribution in [0.15, 0.2) is 48.5 Å². The molecule has 2 aliphatic rings. The minimum absolute atomic E-state index is 0.172. The summed E-state index contributed by atoms with van der Waals surface area (Å²) in [5.74, 6) is -0.0530. The summed E-state index contributed by atoms with van der Waals surface area (Å²) in [6.07, 6.45) is 1.18. The van der Waals surface area contributed by atoms with E-state index in [0.717, 1.165) is 17.5 Å². The third kappa shape index (κ3) is 5.64. The molecule has 6 nitrogen and oxygen atoms in total. The zero-order valence-corrected chi connectivity index (χ0v) is 19.3. The van der Waals surface area contributed by atoms with Crippen LogP contribution in [0, 0.1) is 11.7 Å². The number of hydrogen-bond donors (Lipinski definition) is 1. The quantitative estimate of drug-likeness (QED) is 0.688. The maximum atomic E-state index is 13.5. The Morgan fingerprint density at radius 1 is 1.09 bits per heavy atom. The molecule has 0 unspecified atom stereocenters. The fourth-order valence-electron chi connectivity index (χ4n) is 4.46. The number of halogens is 1. The Morgan fingerprint density at radius 2 is 1.79 bits per heavy atom. The van der Waals surface area contributed by atoms with Crippen LogP contribution < -0.4 is 5.32 Å². The molecule has 0 saturated heterocycles. The van der Waals surface area contributed by atoms with E-state index in [4.69, 9.17) is 9.47 Å². The van der Waals surface area contributed by atoms with Crippen molar-refractivity contribution in [3.05, 3.63) is 71.0 Å². The first-order chi connectivity index (χ1) is 15.7. The van der Waals surface area contributed by atoms with Crippen molar-refractivity contribution in [2.75, 3.05) is 13.1 Å². The van der Waals surface area contributed by atoms with Gasteiger partial charge in [0.2, 0.25) is 0 Å². The van der Waals surface area contributed by atoms with Crippen LogP contribution in [0.2, 0.25) is 0 Å². The standard InChI is InChI=1S/C26H31FN2O4/c1-26(2,3)33-24(30)28-16-17-14-21(15-17)32-25(31)29-13-12-18-6-4-5-7-22(18)23(29)19-8-10-20(27)11-9-19/h4-11,17,21,23H,12-16H2,1-3H3,(H,28,30)/t17?,21?,23-/m0/s1. The average molecular weight is 455 g/mol. The van der Waals surface area contributed by atoms with Gasteiger partial charge in [0.15, 0.2) is 0 Å². The normalized spacial score (nSPS) is 22.1. The van der Waals surface area contributed by atoms with Crippen molar-refractivity contribution < 1.29 is 23.5 Å². The first-order valence-electron chi connectivity index (χ1n) is 11.5. The number of benzene rings is 2. The van der Waals surface area contributed by atoms with Crippen molar-refractivity contribution in [3.63, 3.8) is 0 Å². The Hall–Kier alpha value is -3.09. The molecule has 176 valence electrons. The molecule has 0 radical (unpaired) electrons. The Labute approximate surface area is 194 Å². The molecule has 1 fully saturated rings. The molecule has 0 spiro atoms. The first kappa shape index (κ1) is 23.1. The lowest BCUT2D eigenvalue weighted by Crippen LogP contribution is -2.46. The summed E-state index contributed by atoms with van der Waals surface area (Å²) in [5, 5.41) is 2.78. The zero-order valence-electron chi connectivity index (χ0n) is 19.3. The molecule has 0 bridgehead atoms. The molecule has 1 aliphatic carbocycles. The molecule has 1 saturated carbocycles. The average Bonchev–Trinajstić information content (AvgIpc) is 2.73. The summed E-state index contributed by atoms with van der Waals surface area (Å²) in [6.45, 7) is 6.50. The Morgan fingerprint density at radius 3 is 2.48 bits per heavy atom. The van der Waals surface area contributed by atoms with E-state index in [9.17, 15) is 14.0 Å². The van der Waals surface area contributed by atoms with Crippen LogP contribution in [0.4, 0.5) is 14.0 Å². The summed E-state index contributed by atoms with van der Waals surface area (Å²) in [6, 6.07) is 14.0. The van der Waals surface area contributed by atoms with Crippen LogP contribution in [-0.4, -0.2) is 41.9 Å². The van der Waals surface area contributed by atoms with Gasteiger partial charge < -0.3 is 14.8 Å². The molecular weight excluding hydrogens is 423 g/mol. The first-order valence-corrected chi connectivity index (χ1v) is 11.5. The van der Waals surface area contributed by atoms with Gasteiger partial charge in [-0.25, -0.2) is 14.0 Å². The molecule has 7 heteroatoms. The van der Waals surface area contributed by atoms with Gasteiger partial charge in [0.25, 0.3) is 0 Å². The number of carbonyl (C=O) groups is 2. The molecule has 1 heterocycles. The SMILES string of the molecule is CC(C)(C)OC(=O)NCC1CC(OC(=O)N2CCc3ccccc3[C@@H]2c2ccc(F)cc2)C1. The van der Waals surface area contributed by atoms with Crippen molar-refractivity contribution in [2.45, 2.75) is 57.8 Å². The van der Waals surface area contributed by atoms with Gasteiger partial charge in [0.05, 0.1) is 6.04 Å². The largest absolute Gasteiger partial charge is 0.446 e. The molecule has 1 aliphatic heterocycles. The fourth-order valence-corrected chi connectivity index (χ4v) is 4.46. The molecule has 2 aromatic rings. The van der Waals surface area contributed by atoms with Gasteiger partial charge in [-0.15, -0.1) is 0 Å². The highest BCUT2D eigenvalue weighted by molar-refractivity contribution is 5.70. The molecule has 2 aromatic carbocycles. The third-order valence-corrected chi connectivity index (χ3v) is 6.10. The minimum atomic E-state index is -0.532. The number of nitrogens with zero attached hydrogens (tertiary/aromatic N) is 1. The third-order valence-electron chi connectivity index (χ3n) is 6.10.